The maximum Gasteiger partial charge on any atom is 0.251 e. The first kappa shape index (κ1) is 24.6. The summed E-state index contributed by atoms with van der Waals surface area (Å²) in [5.74, 6) is 1.72. The molecule has 39 heavy (non-hydrogen) atoms. The second-order valence-electron chi connectivity index (χ2n) is 12.1. The number of rotatable bonds is 5. The largest absolute Gasteiger partial charge is 0.349 e. The highest BCUT2D eigenvalue weighted by molar-refractivity contribution is 6.31. The Morgan fingerprint density at radius 2 is 1.69 bits per heavy atom. The van der Waals surface area contributed by atoms with Crippen LogP contribution in [0.2, 0.25) is 5.02 Å². The highest BCUT2D eigenvalue weighted by atomic mass is 35.5. The molecule has 5 nitrogen and oxygen atoms in total. The van der Waals surface area contributed by atoms with E-state index in [9.17, 15) is 9.59 Å². The minimum atomic E-state index is -0.0147. The van der Waals surface area contributed by atoms with E-state index in [0.29, 0.717) is 39.8 Å². The molecular weight excluding hydrogens is 506 g/mol. The van der Waals surface area contributed by atoms with E-state index in [2.05, 4.69) is 5.32 Å². The van der Waals surface area contributed by atoms with Gasteiger partial charge >= 0.3 is 0 Å². The van der Waals surface area contributed by atoms with E-state index < -0.39 is 0 Å². The number of nitrogens with zero attached hydrogens (tertiary/aromatic N) is 1. The number of pyridine rings is 1. The molecular formula is C33H32ClN3O2. The molecule has 0 spiro atoms. The zero-order chi connectivity index (χ0) is 26.7. The Morgan fingerprint density at radius 3 is 2.38 bits per heavy atom. The molecule has 4 fully saturated rings. The van der Waals surface area contributed by atoms with E-state index in [1.165, 1.54) is 12.8 Å². The summed E-state index contributed by atoms with van der Waals surface area (Å²) < 4.78 is 2.02. The SMILES string of the molecule is N[C@]12C[C@@H]3C[C@H](C1)[C@@H](NC(=O)c1ccc(Cc4cn(-c5ccccc5)c5cc(Cl)ccc5c4=O)cc1)[C@@H](C3)C2. The normalized spacial score (nSPS) is 27.1. The number of benzene rings is 3. The third kappa shape index (κ3) is 4.48. The number of nitrogens with one attached hydrogen (secondary N) is 1. The molecule has 4 aliphatic rings. The van der Waals surface area contributed by atoms with Crippen LogP contribution in [0, 0.1) is 17.8 Å². The number of carbonyl (C=O) groups is 1. The predicted molar refractivity (Wildman–Crippen MR) is 156 cm³/mol. The van der Waals surface area contributed by atoms with Crippen molar-refractivity contribution in [2.24, 2.45) is 23.5 Å². The lowest BCUT2D eigenvalue weighted by molar-refractivity contribution is -0.0278. The molecule has 4 aromatic rings. The smallest absolute Gasteiger partial charge is 0.251 e. The molecule has 0 radical (unpaired) electrons. The van der Waals surface area contributed by atoms with Gasteiger partial charge in [0.2, 0.25) is 0 Å². The molecule has 0 unspecified atom stereocenters. The first-order valence-corrected chi connectivity index (χ1v) is 14.3. The number of nitrogens with two attached hydrogens (primary N) is 1. The van der Waals surface area contributed by atoms with Crippen molar-refractivity contribution in [2.45, 2.75) is 50.1 Å². The van der Waals surface area contributed by atoms with Gasteiger partial charge in [-0.3, -0.25) is 9.59 Å². The fraction of sp³-hybridized carbons (Fsp3) is 0.333. The zero-order valence-corrected chi connectivity index (χ0v) is 22.5. The summed E-state index contributed by atoms with van der Waals surface area (Å²) in [6, 6.07) is 23.2. The van der Waals surface area contributed by atoms with Gasteiger partial charge in [0, 0.05) is 51.4 Å². The standard InChI is InChI=1S/C33H32ClN3O2/c34-26-10-11-28-29(15-26)37(27-4-2-1-3-5-27)19-25(31(28)38)12-20-6-8-22(9-7-20)32(39)36-30-23-13-21-14-24(30)18-33(35,16-21)17-23/h1-11,15,19,21,23-24,30H,12-14,16-18,35H2,(H,36,39)/t21-,23-,24+,30-,33-. The molecule has 3 aromatic carbocycles. The Bertz CT molecular complexity index is 1610. The van der Waals surface area contributed by atoms with Crippen molar-refractivity contribution in [3.05, 3.63) is 111 Å². The van der Waals surface area contributed by atoms with Crippen molar-refractivity contribution in [3.8, 4) is 5.69 Å². The second kappa shape index (κ2) is 9.35. The Morgan fingerprint density at radius 1 is 0.974 bits per heavy atom. The third-order valence-electron chi connectivity index (χ3n) is 9.30. The van der Waals surface area contributed by atoms with E-state index in [1.807, 2.05) is 71.4 Å². The highest BCUT2D eigenvalue weighted by Crippen LogP contribution is 2.54. The molecule has 8 rings (SSSR count). The van der Waals surface area contributed by atoms with Gasteiger partial charge in [0.1, 0.15) is 0 Å². The van der Waals surface area contributed by atoms with Crippen molar-refractivity contribution < 1.29 is 4.79 Å². The maximum absolute atomic E-state index is 13.4. The molecule has 3 N–H and O–H groups in total. The molecule has 4 bridgehead atoms. The van der Waals surface area contributed by atoms with Crippen LogP contribution in [0.25, 0.3) is 16.6 Å². The number of fused-ring (bicyclic) bond motifs is 1. The van der Waals surface area contributed by atoms with Crippen LogP contribution < -0.4 is 16.5 Å². The van der Waals surface area contributed by atoms with Crippen molar-refractivity contribution in [2.75, 3.05) is 0 Å². The van der Waals surface area contributed by atoms with Gasteiger partial charge in [-0.2, -0.15) is 0 Å². The summed E-state index contributed by atoms with van der Waals surface area (Å²) in [4.78, 5) is 26.6. The van der Waals surface area contributed by atoms with Crippen LogP contribution in [-0.4, -0.2) is 22.1 Å². The van der Waals surface area contributed by atoms with Gasteiger partial charge in [-0.1, -0.05) is 41.9 Å². The molecule has 6 heteroatoms. The molecule has 5 atom stereocenters. The van der Waals surface area contributed by atoms with Crippen LogP contribution in [0.15, 0.2) is 83.8 Å². The Labute approximate surface area is 233 Å². The minimum Gasteiger partial charge on any atom is -0.349 e. The van der Waals surface area contributed by atoms with Crippen molar-refractivity contribution in [3.63, 3.8) is 0 Å². The van der Waals surface area contributed by atoms with Gasteiger partial charge in [-0.05, 0) is 97.9 Å². The molecule has 1 amide bonds. The van der Waals surface area contributed by atoms with E-state index >= 15 is 0 Å². The molecule has 198 valence electrons. The number of hydrogen-bond acceptors (Lipinski definition) is 3. The number of hydrogen-bond donors (Lipinski definition) is 2. The lowest BCUT2D eigenvalue weighted by atomic mass is 9.51. The van der Waals surface area contributed by atoms with Gasteiger partial charge in [-0.15, -0.1) is 0 Å². The summed E-state index contributed by atoms with van der Waals surface area (Å²) >= 11 is 6.29. The fourth-order valence-electron chi connectivity index (χ4n) is 7.83. The predicted octanol–water partition coefficient (Wildman–Crippen LogP) is 5.87. The van der Waals surface area contributed by atoms with Gasteiger partial charge in [0.25, 0.3) is 5.91 Å². The average molecular weight is 538 g/mol. The van der Waals surface area contributed by atoms with Crippen LogP contribution in [0.3, 0.4) is 0 Å². The maximum atomic E-state index is 13.4. The first-order valence-electron chi connectivity index (χ1n) is 13.9. The molecule has 4 saturated carbocycles. The molecule has 4 aliphatic carbocycles. The van der Waals surface area contributed by atoms with E-state index in [0.717, 1.165) is 41.9 Å². The quantitative estimate of drug-likeness (QED) is 0.334. The second-order valence-corrected chi connectivity index (χ2v) is 12.5. The highest BCUT2D eigenvalue weighted by Gasteiger charge is 2.54. The summed E-state index contributed by atoms with van der Waals surface area (Å²) in [6.07, 6.45) is 7.98. The Kier molecular flexibility index (Phi) is 5.91. The lowest BCUT2D eigenvalue weighted by Gasteiger charge is -2.58. The van der Waals surface area contributed by atoms with Crippen LogP contribution in [0.5, 0.6) is 0 Å². The van der Waals surface area contributed by atoms with Gasteiger partial charge in [0.05, 0.1) is 5.52 Å². The van der Waals surface area contributed by atoms with Gasteiger partial charge in [0.15, 0.2) is 5.43 Å². The molecule has 1 aromatic heterocycles. The van der Waals surface area contributed by atoms with Crippen LogP contribution in [0.4, 0.5) is 0 Å². The van der Waals surface area contributed by atoms with E-state index in [4.69, 9.17) is 17.3 Å². The average Bonchev–Trinajstić information content (AvgIpc) is 2.92. The topological polar surface area (TPSA) is 77.1 Å². The molecule has 0 saturated heterocycles. The van der Waals surface area contributed by atoms with Crippen LogP contribution >= 0.6 is 11.6 Å². The Balaban J connectivity index is 1.13. The summed E-state index contributed by atoms with van der Waals surface area (Å²) in [5, 5.41) is 4.58. The third-order valence-corrected chi connectivity index (χ3v) is 9.54. The number of amides is 1. The number of carbonyl (C=O) groups excluding carboxylic acids is 1. The monoisotopic (exact) mass is 537 g/mol. The fourth-order valence-corrected chi connectivity index (χ4v) is 8.00. The summed E-state index contributed by atoms with van der Waals surface area (Å²) in [5.41, 5.74) is 10.7. The van der Waals surface area contributed by atoms with Crippen molar-refractivity contribution in [1.82, 2.24) is 9.88 Å². The first-order chi connectivity index (χ1) is 18.8. The molecule has 1 heterocycles. The Hall–Kier alpha value is -3.41. The summed E-state index contributed by atoms with van der Waals surface area (Å²) in [6.45, 7) is 0. The van der Waals surface area contributed by atoms with E-state index in [1.54, 1.807) is 12.1 Å². The zero-order valence-electron chi connectivity index (χ0n) is 21.8. The number of halogens is 1. The minimum absolute atomic E-state index is 0.00442. The number of aromatic nitrogens is 1. The van der Waals surface area contributed by atoms with Crippen LogP contribution in [0.1, 0.15) is 53.6 Å². The van der Waals surface area contributed by atoms with E-state index in [-0.39, 0.29) is 22.9 Å². The van der Waals surface area contributed by atoms with Gasteiger partial charge < -0.3 is 15.6 Å². The van der Waals surface area contributed by atoms with Crippen LogP contribution in [-0.2, 0) is 6.42 Å². The number of para-hydroxylation sites is 1. The molecule has 0 aliphatic heterocycles. The van der Waals surface area contributed by atoms with Crippen molar-refractivity contribution in [1.29, 1.82) is 0 Å². The van der Waals surface area contributed by atoms with Gasteiger partial charge in [-0.25, -0.2) is 0 Å². The van der Waals surface area contributed by atoms with Crippen molar-refractivity contribution >= 4 is 28.4 Å². The lowest BCUT2D eigenvalue weighted by Crippen LogP contribution is -2.64. The summed E-state index contributed by atoms with van der Waals surface area (Å²) in [7, 11) is 0.